The molecule has 0 spiro atoms. The van der Waals surface area contributed by atoms with Crippen LogP contribution in [-0.4, -0.2) is 61.7 Å². The van der Waals surface area contributed by atoms with Gasteiger partial charge in [-0.3, -0.25) is 0 Å². The quantitative estimate of drug-likeness (QED) is 0.215. The van der Waals surface area contributed by atoms with E-state index in [1.54, 1.807) is 7.11 Å². The van der Waals surface area contributed by atoms with Crippen molar-refractivity contribution in [2.24, 2.45) is 0 Å². The zero-order valence-electron chi connectivity index (χ0n) is 23.4. The van der Waals surface area contributed by atoms with E-state index in [4.69, 9.17) is 18.9 Å². The fourth-order valence-corrected chi connectivity index (χ4v) is 5.24. The molecule has 4 aromatic carbocycles. The highest BCUT2D eigenvalue weighted by atomic mass is 16.6. The first-order valence-electron chi connectivity index (χ1n) is 14.0. The molecule has 0 radical (unpaired) electrons. The van der Waals surface area contributed by atoms with Crippen LogP contribution in [0.4, 0.5) is 4.79 Å². The average Bonchev–Trinajstić information content (AvgIpc) is 3.02. The average molecular weight is 556 g/mol. The number of carboxylic acid groups (broad SMARTS) is 1. The van der Waals surface area contributed by atoms with Crippen molar-refractivity contribution in [1.29, 1.82) is 0 Å². The first-order valence-corrected chi connectivity index (χ1v) is 14.0. The highest BCUT2D eigenvalue weighted by molar-refractivity contribution is 5.82. The van der Waals surface area contributed by atoms with E-state index in [0.717, 1.165) is 27.8 Å². The molecule has 0 bridgehead atoms. The highest BCUT2D eigenvalue weighted by Crippen LogP contribution is 2.32. The molecule has 7 nitrogen and oxygen atoms in total. The van der Waals surface area contributed by atoms with E-state index < -0.39 is 6.09 Å². The Balaban J connectivity index is 1.17. The standard InChI is InChI=1S/C34H37NO6/c1-38-31(23-39-21-25-7-3-2-4-8-25)24-40-30-15-13-28(14-16-30)32-17-18-35(34(36)37)20-33(32)41-22-26-11-12-27-9-5-6-10-29(27)19-26/h2-16,19,31-33H,17-18,20-24H2,1H3,(H,36,37). The van der Waals surface area contributed by atoms with E-state index in [1.165, 1.54) is 10.3 Å². The molecule has 0 saturated carbocycles. The van der Waals surface area contributed by atoms with Gasteiger partial charge in [-0.05, 0) is 52.1 Å². The normalized spacial score (nSPS) is 17.8. The molecule has 4 aromatic rings. The van der Waals surface area contributed by atoms with Gasteiger partial charge in [0, 0.05) is 19.6 Å². The van der Waals surface area contributed by atoms with Crippen LogP contribution < -0.4 is 4.74 Å². The highest BCUT2D eigenvalue weighted by Gasteiger charge is 2.33. The Hall–Kier alpha value is -3.91. The molecule has 1 aliphatic heterocycles. The number of hydrogen-bond donors (Lipinski definition) is 1. The molecule has 0 aliphatic carbocycles. The third-order valence-corrected chi connectivity index (χ3v) is 7.60. The van der Waals surface area contributed by atoms with Crippen molar-refractivity contribution in [3.63, 3.8) is 0 Å². The summed E-state index contributed by atoms with van der Waals surface area (Å²) in [5.74, 6) is 0.827. The van der Waals surface area contributed by atoms with Crippen LogP contribution in [0.15, 0.2) is 97.1 Å². The van der Waals surface area contributed by atoms with Crippen molar-refractivity contribution in [1.82, 2.24) is 4.90 Å². The molecule has 1 fully saturated rings. The second-order valence-electron chi connectivity index (χ2n) is 10.4. The van der Waals surface area contributed by atoms with Gasteiger partial charge >= 0.3 is 6.09 Å². The summed E-state index contributed by atoms with van der Waals surface area (Å²) in [6, 6.07) is 32.6. The van der Waals surface area contributed by atoms with Gasteiger partial charge in [-0.25, -0.2) is 4.79 Å². The summed E-state index contributed by atoms with van der Waals surface area (Å²) in [6.07, 6.45) is -0.657. The number of benzene rings is 4. The van der Waals surface area contributed by atoms with Crippen LogP contribution in [0.5, 0.6) is 5.75 Å². The second-order valence-corrected chi connectivity index (χ2v) is 10.4. The minimum Gasteiger partial charge on any atom is -0.491 e. The van der Waals surface area contributed by atoms with Gasteiger partial charge in [0.2, 0.25) is 0 Å². The van der Waals surface area contributed by atoms with Crippen LogP contribution in [0.25, 0.3) is 10.8 Å². The lowest BCUT2D eigenvalue weighted by Crippen LogP contribution is -2.46. The molecule has 0 aromatic heterocycles. The fraction of sp³-hybridized carbons (Fsp3) is 0.324. The Morgan fingerprint density at radius 1 is 0.878 bits per heavy atom. The summed E-state index contributed by atoms with van der Waals surface area (Å²) < 4.78 is 23.7. The predicted molar refractivity (Wildman–Crippen MR) is 158 cm³/mol. The molecule has 1 N–H and O–H groups in total. The van der Waals surface area contributed by atoms with E-state index in [9.17, 15) is 9.90 Å². The van der Waals surface area contributed by atoms with Crippen LogP contribution in [0, 0.1) is 0 Å². The van der Waals surface area contributed by atoms with Crippen molar-refractivity contribution >= 4 is 16.9 Å². The molecule has 214 valence electrons. The monoisotopic (exact) mass is 555 g/mol. The molecule has 1 saturated heterocycles. The summed E-state index contributed by atoms with van der Waals surface area (Å²) >= 11 is 0. The van der Waals surface area contributed by atoms with Gasteiger partial charge in [0.05, 0.1) is 32.5 Å². The van der Waals surface area contributed by atoms with Gasteiger partial charge in [-0.1, -0.05) is 78.9 Å². The molecule has 1 heterocycles. The summed E-state index contributed by atoms with van der Waals surface area (Å²) in [7, 11) is 1.66. The maximum atomic E-state index is 11.7. The maximum Gasteiger partial charge on any atom is 0.407 e. The molecule has 7 heteroatoms. The molecule has 5 rings (SSSR count). The van der Waals surface area contributed by atoms with Gasteiger partial charge in [-0.15, -0.1) is 0 Å². The van der Waals surface area contributed by atoms with Gasteiger partial charge in [0.15, 0.2) is 0 Å². The van der Waals surface area contributed by atoms with E-state index in [1.807, 2.05) is 54.6 Å². The largest absolute Gasteiger partial charge is 0.491 e. The fourth-order valence-electron chi connectivity index (χ4n) is 5.24. The van der Waals surface area contributed by atoms with Crippen molar-refractivity contribution in [2.45, 2.75) is 37.8 Å². The topological polar surface area (TPSA) is 77.5 Å². The van der Waals surface area contributed by atoms with Crippen molar-refractivity contribution < 1.29 is 28.8 Å². The van der Waals surface area contributed by atoms with Crippen LogP contribution in [0.1, 0.15) is 29.0 Å². The number of rotatable bonds is 12. The summed E-state index contributed by atoms with van der Waals surface area (Å²) in [5, 5.41) is 12.0. The third kappa shape index (κ3) is 7.85. The lowest BCUT2D eigenvalue weighted by molar-refractivity contribution is -0.0204. The van der Waals surface area contributed by atoms with Crippen LogP contribution in [0.2, 0.25) is 0 Å². The molecular weight excluding hydrogens is 518 g/mol. The number of fused-ring (bicyclic) bond motifs is 1. The SMILES string of the molecule is COC(COCc1ccccc1)COc1ccc(C2CCN(C(=O)O)CC2OCc2ccc3ccccc3c2)cc1. The molecule has 1 aliphatic rings. The smallest absolute Gasteiger partial charge is 0.407 e. The van der Waals surface area contributed by atoms with E-state index >= 15 is 0 Å². The predicted octanol–water partition coefficient (Wildman–Crippen LogP) is 6.50. The number of carbonyl (C=O) groups is 1. The Labute approximate surface area is 241 Å². The molecule has 3 unspecified atom stereocenters. The number of methoxy groups -OCH3 is 1. The van der Waals surface area contributed by atoms with Crippen LogP contribution in [0.3, 0.4) is 0 Å². The number of piperidine rings is 1. The first-order chi connectivity index (χ1) is 20.1. The number of hydrogen-bond acceptors (Lipinski definition) is 5. The van der Waals surface area contributed by atoms with Crippen LogP contribution in [-0.2, 0) is 27.4 Å². The number of amides is 1. The number of nitrogens with zero attached hydrogens (tertiary/aromatic N) is 1. The van der Waals surface area contributed by atoms with Crippen molar-refractivity contribution in [3.05, 3.63) is 114 Å². The first kappa shape index (κ1) is 28.6. The van der Waals surface area contributed by atoms with E-state index in [-0.39, 0.29) is 18.1 Å². The summed E-state index contributed by atoms with van der Waals surface area (Å²) in [5.41, 5.74) is 3.30. The lowest BCUT2D eigenvalue weighted by Gasteiger charge is -2.37. The van der Waals surface area contributed by atoms with Gasteiger partial charge in [0.1, 0.15) is 18.5 Å². The zero-order chi connectivity index (χ0) is 28.4. The van der Waals surface area contributed by atoms with Gasteiger partial charge in [-0.2, -0.15) is 0 Å². The van der Waals surface area contributed by atoms with Crippen molar-refractivity contribution in [3.8, 4) is 5.75 Å². The van der Waals surface area contributed by atoms with E-state index in [0.29, 0.717) is 45.9 Å². The zero-order valence-corrected chi connectivity index (χ0v) is 23.4. The summed E-state index contributed by atoms with van der Waals surface area (Å²) in [4.78, 5) is 13.2. The second kappa shape index (κ2) is 14.1. The lowest BCUT2D eigenvalue weighted by atomic mass is 9.87. The Bertz CT molecular complexity index is 1390. The molecule has 1 amide bonds. The minimum atomic E-state index is -0.910. The summed E-state index contributed by atoms with van der Waals surface area (Å²) in [6.45, 7) is 2.57. The van der Waals surface area contributed by atoms with Crippen LogP contribution >= 0.6 is 0 Å². The van der Waals surface area contributed by atoms with E-state index in [2.05, 4.69) is 42.5 Å². The molecule has 3 atom stereocenters. The molecule has 41 heavy (non-hydrogen) atoms. The third-order valence-electron chi connectivity index (χ3n) is 7.60. The maximum absolute atomic E-state index is 11.7. The Kier molecular flexibility index (Phi) is 9.86. The van der Waals surface area contributed by atoms with Gasteiger partial charge < -0.3 is 29.0 Å². The van der Waals surface area contributed by atoms with Crippen molar-refractivity contribution in [2.75, 3.05) is 33.4 Å². The number of likely N-dealkylation sites (tertiary alicyclic amines) is 1. The Morgan fingerprint density at radius 3 is 2.39 bits per heavy atom. The minimum absolute atomic E-state index is 0.0817. The Morgan fingerprint density at radius 2 is 1.63 bits per heavy atom. The molecular formula is C34H37NO6. The van der Waals surface area contributed by atoms with Gasteiger partial charge in [0.25, 0.3) is 0 Å². The number of ether oxygens (including phenoxy) is 4.